The van der Waals surface area contributed by atoms with E-state index in [1.165, 1.54) is 0 Å². The largest absolute Gasteiger partial charge is 0.484 e. The maximum Gasteiger partial charge on any atom is 0.255 e. The molecule has 5 nitrogen and oxygen atoms in total. The quantitative estimate of drug-likeness (QED) is 0.857. The van der Waals surface area contributed by atoms with Crippen LogP contribution in [0.3, 0.4) is 0 Å². The van der Waals surface area contributed by atoms with Gasteiger partial charge in [-0.2, -0.15) is 0 Å². The molecule has 0 bridgehead atoms. The van der Waals surface area contributed by atoms with Crippen LogP contribution in [0.5, 0.6) is 5.75 Å². The summed E-state index contributed by atoms with van der Waals surface area (Å²) in [5, 5.41) is 10.1. The van der Waals surface area contributed by atoms with Crippen molar-refractivity contribution in [2.75, 3.05) is 19.7 Å². The Hall–Kier alpha value is -1.59. The molecule has 1 atom stereocenters. The van der Waals surface area contributed by atoms with Crippen molar-refractivity contribution in [2.24, 2.45) is 5.73 Å². The van der Waals surface area contributed by atoms with Crippen LogP contribution in [0.1, 0.15) is 31.7 Å². The minimum Gasteiger partial charge on any atom is -0.484 e. The summed E-state index contributed by atoms with van der Waals surface area (Å²) in [6.07, 6.45) is 2.65. The Kier molecular flexibility index (Phi) is 5.20. The third-order valence-electron chi connectivity index (χ3n) is 3.84. The molecule has 0 aromatic heterocycles. The zero-order chi connectivity index (χ0) is 15.3. The normalized spacial score (nSPS) is 23.5. The Morgan fingerprint density at radius 3 is 3.00 bits per heavy atom. The minimum atomic E-state index is -0.540. The van der Waals surface area contributed by atoms with Crippen LogP contribution in [0.4, 0.5) is 0 Å². The average molecular weight is 292 g/mol. The van der Waals surface area contributed by atoms with Gasteiger partial charge in [0, 0.05) is 13.1 Å². The highest BCUT2D eigenvalue weighted by Crippen LogP contribution is 2.23. The third-order valence-corrected chi connectivity index (χ3v) is 3.84. The summed E-state index contributed by atoms with van der Waals surface area (Å²) in [5.41, 5.74) is 5.67. The molecule has 1 heterocycles. The molecule has 2 rings (SSSR count). The van der Waals surface area contributed by atoms with Crippen LogP contribution in [0.15, 0.2) is 24.3 Å². The van der Waals surface area contributed by atoms with Gasteiger partial charge in [-0.3, -0.25) is 9.69 Å². The number of benzene rings is 1. The van der Waals surface area contributed by atoms with Crippen molar-refractivity contribution in [1.82, 2.24) is 4.90 Å². The van der Waals surface area contributed by atoms with Gasteiger partial charge >= 0.3 is 0 Å². The zero-order valence-electron chi connectivity index (χ0n) is 12.5. The predicted molar refractivity (Wildman–Crippen MR) is 80.9 cm³/mol. The lowest BCUT2D eigenvalue weighted by atomic mass is 9.98. The first-order valence-corrected chi connectivity index (χ1v) is 7.39. The van der Waals surface area contributed by atoms with Crippen molar-refractivity contribution in [3.63, 3.8) is 0 Å². The number of amides is 1. The summed E-state index contributed by atoms with van der Waals surface area (Å²) < 4.78 is 5.32. The Bertz CT molecular complexity index is 488. The maximum absolute atomic E-state index is 10.7. The monoisotopic (exact) mass is 292 g/mol. The molecule has 0 aliphatic carbocycles. The van der Waals surface area contributed by atoms with Crippen molar-refractivity contribution in [3.8, 4) is 5.75 Å². The van der Waals surface area contributed by atoms with Gasteiger partial charge in [0.2, 0.25) is 0 Å². The molecule has 1 fully saturated rings. The number of carbonyl (C=O) groups excluding carboxylic acids is 1. The first-order chi connectivity index (χ1) is 9.94. The van der Waals surface area contributed by atoms with Gasteiger partial charge in [0.05, 0.1) is 5.60 Å². The number of nitrogens with zero attached hydrogens (tertiary/aromatic N) is 1. The topological polar surface area (TPSA) is 75.8 Å². The summed E-state index contributed by atoms with van der Waals surface area (Å²) in [6, 6.07) is 7.71. The fraction of sp³-hybridized carbons (Fsp3) is 0.562. The molecule has 21 heavy (non-hydrogen) atoms. The minimum absolute atomic E-state index is 0.101. The van der Waals surface area contributed by atoms with Gasteiger partial charge in [0.15, 0.2) is 6.61 Å². The van der Waals surface area contributed by atoms with Crippen molar-refractivity contribution in [1.29, 1.82) is 0 Å². The van der Waals surface area contributed by atoms with E-state index in [0.717, 1.165) is 44.5 Å². The van der Waals surface area contributed by atoms with Crippen molar-refractivity contribution in [2.45, 2.75) is 38.3 Å². The zero-order valence-corrected chi connectivity index (χ0v) is 12.5. The van der Waals surface area contributed by atoms with Gasteiger partial charge < -0.3 is 15.6 Å². The van der Waals surface area contributed by atoms with Crippen LogP contribution in [0, 0.1) is 0 Å². The van der Waals surface area contributed by atoms with Crippen LogP contribution < -0.4 is 10.5 Å². The molecular weight excluding hydrogens is 268 g/mol. The lowest BCUT2D eigenvalue weighted by Crippen LogP contribution is -2.28. The van der Waals surface area contributed by atoms with Gasteiger partial charge in [-0.05, 0) is 50.4 Å². The van der Waals surface area contributed by atoms with E-state index in [2.05, 4.69) is 4.90 Å². The first-order valence-electron chi connectivity index (χ1n) is 7.39. The summed E-state index contributed by atoms with van der Waals surface area (Å²) in [4.78, 5) is 13.1. The first kappa shape index (κ1) is 15.8. The van der Waals surface area contributed by atoms with Crippen LogP contribution in [-0.4, -0.2) is 41.2 Å². The Labute approximate surface area is 125 Å². The van der Waals surface area contributed by atoms with E-state index >= 15 is 0 Å². The third kappa shape index (κ3) is 5.36. The second-order valence-corrected chi connectivity index (χ2v) is 6.03. The molecule has 0 unspecified atom stereocenters. The molecule has 0 spiro atoms. The lowest BCUT2D eigenvalue weighted by molar-refractivity contribution is -0.119. The molecule has 1 aromatic carbocycles. The number of aliphatic hydroxyl groups is 1. The van der Waals surface area contributed by atoms with E-state index in [9.17, 15) is 9.90 Å². The van der Waals surface area contributed by atoms with E-state index in [1.54, 1.807) is 0 Å². The van der Waals surface area contributed by atoms with E-state index in [1.807, 2.05) is 31.2 Å². The number of primary amides is 1. The molecule has 1 aliphatic heterocycles. The van der Waals surface area contributed by atoms with E-state index in [-0.39, 0.29) is 6.61 Å². The number of nitrogens with two attached hydrogens (primary N) is 1. The predicted octanol–water partition coefficient (Wildman–Crippen LogP) is 1.29. The number of rotatable bonds is 5. The number of likely N-dealkylation sites (tertiary alicyclic amines) is 1. The summed E-state index contributed by atoms with van der Waals surface area (Å²) in [6.45, 7) is 4.51. The fourth-order valence-electron chi connectivity index (χ4n) is 2.62. The van der Waals surface area contributed by atoms with Gasteiger partial charge in [0.25, 0.3) is 5.91 Å². The van der Waals surface area contributed by atoms with E-state index < -0.39 is 11.5 Å². The molecule has 1 amide bonds. The van der Waals surface area contributed by atoms with Gasteiger partial charge in [0.1, 0.15) is 5.75 Å². The van der Waals surface area contributed by atoms with Crippen LogP contribution in [0.25, 0.3) is 0 Å². The number of carbonyl (C=O) groups is 1. The highest BCUT2D eigenvalue weighted by atomic mass is 16.5. The highest BCUT2D eigenvalue weighted by Gasteiger charge is 2.24. The summed E-state index contributed by atoms with van der Waals surface area (Å²) in [7, 11) is 0. The number of ether oxygens (including phenoxy) is 1. The van der Waals surface area contributed by atoms with Crippen LogP contribution in [0.2, 0.25) is 0 Å². The molecule has 0 radical (unpaired) electrons. The SMILES string of the molecule is C[C@@]1(O)CCCN(Cc2cccc(OCC(N)=O)c2)CC1. The molecule has 5 heteroatoms. The van der Waals surface area contributed by atoms with Gasteiger partial charge in [-0.25, -0.2) is 0 Å². The molecule has 116 valence electrons. The Morgan fingerprint density at radius 1 is 1.43 bits per heavy atom. The molecule has 1 aliphatic rings. The number of hydrogen-bond acceptors (Lipinski definition) is 4. The summed E-state index contributed by atoms with van der Waals surface area (Å²) >= 11 is 0. The maximum atomic E-state index is 10.7. The van der Waals surface area contributed by atoms with Gasteiger partial charge in [-0.1, -0.05) is 12.1 Å². The van der Waals surface area contributed by atoms with Crippen LogP contribution >= 0.6 is 0 Å². The van der Waals surface area contributed by atoms with Crippen molar-refractivity contribution in [3.05, 3.63) is 29.8 Å². The molecule has 3 N–H and O–H groups in total. The molecule has 0 saturated carbocycles. The van der Waals surface area contributed by atoms with Crippen LogP contribution in [-0.2, 0) is 11.3 Å². The fourth-order valence-corrected chi connectivity index (χ4v) is 2.62. The van der Waals surface area contributed by atoms with E-state index in [4.69, 9.17) is 10.5 Å². The van der Waals surface area contributed by atoms with Crippen molar-refractivity contribution >= 4 is 5.91 Å². The van der Waals surface area contributed by atoms with Crippen molar-refractivity contribution < 1.29 is 14.6 Å². The van der Waals surface area contributed by atoms with E-state index in [0.29, 0.717) is 5.75 Å². The standard InChI is InChI=1S/C16H24N2O3/c1-16(20)6-3-8-18(9-7-16)11-13-4-2-5-14(10-13)21-12-15(17)19/h2,4-5,10,20H,3,6-9,11-12H2,1H3,(H2,17,19)/t16-/m1/s1. The summed E-state index contributed by atoms with van der Waals surface area (Å²) in [5.74, 6) is 0.184. The smallest absolute Gasteiger partial charge is 0.255 e. The number of hydrogen-bond donors (Lipinski definition) is 2. The van der Waals surface area contributed by atoms with Gasteiger partial charge in [-0.15, -0.1) is 0 Å². The molecule has 1 aromatic rings. The molecular formula is C16H24N2O3. The lowest BCUT2D eigenvalue weighted by Gasteiger charge is -2.22. The average Bonchev–Trinajstić information content (AvgIpc) is 2.58. The Morgan fingerprint density at radius 2 is 2.24 bits per heavy atom. The Balaban J connectivity index is 1.93. The second-order valence-electron chi connectivity index (χ2n) is 6.03. The highest BCUT2D eigenvalue weighted by molar-refractivity contribution is 5.75. The molecule has 1 saturated heterocycles. The second kappa shape index (κ2) is 6.91.